The van der Waals surface area contributed by atoms with Gasteiger partial charge >= 0.3 is 5.97 Å². The van der Waals surface area contributed by atoms with E-state index < -0.39 is 16.0 Å². The molecule has 0 aliphatic heterocycles. The molecular weight excluding hydrogens is 354 g/mol. The van der Waals surface area contributed by atoms with Gasteiger partial charge in [0.25, 0.3) is 0 Å². The number of nitrogens with one attached hydrogen (secondary N) is 1. The topological polar surface area (TPSA) is 83.5 Å². The van der Waals surface area contributed by atoms with Crippen molar-refractivity contribution in [2.75, 3.05) is 6.54 Å². The Bertz CT molecular complexity index is 578. The Balaban J connectivity index is 1.99. The number of thiophene rings is 1. The van der Waals surface area contributed by atoms with Gasteiger partial charge in [-0.1, -0.05) is 12.8 Å². The standard InChI is InChI=1S/C11H14BrNO4S2/c12-10-9(6-8(18-10)11(14)15)19(16,17)13-5-1-2-7-3-4-7/h6-7,13H,1-5H2,(H,14,15). The highest BCUT2D eigenvalue weighted by molar-refractivity contribution is 9.11. The van der Waals surface area contributed by atoms with Gasteiger partial charge in [0.15, 0.2) is 0 Å². The van der Waals surface area contributed by atoms with Crippen LogP contribution in [0.2, 0.25) is 0 Å². The van der Waals surface area contributed by atoms with Crippen LogP contribution in [-0.2, 0) is 10.0 Å². The molecule has 0 spiro atoms. The highest BCUT2D eigenvalue weighted by Gasteiger charge is 2.24. The molecule has 0 atom stereocenters. The summed E-state index contributed by atoms with van der Waals surface area (Å²) >= 11 is 4.00. The molecule has 0 aromatic carbocycles. The minimum absolute atomic E-state index is 0.00122. The lowest BCUT2D eigenvalue weighted by atomic mass is 10.2. The summed E-state index contributed by atoms with van der Waals surface area (Å²) in [7, 11) is -3.63. The van der Waals surface area contributed by atoms with Crippen LogP contribution in [0.15, 0.2) is 14.7 Å². The van der Waals surface area contributed by atoms with E-state index in [1.54, 1.807) is 0 Å². The molecule has 8 heteroatoms. The fourth-order valence-electron chi connectivity index (χ4n) is 1.72. The quantitative estimate of drug-likeness (QED) is 0.725. The third-order valence-corrected chi connectivity index (χ3v) is 6.64. The Kier molecular flexibility index (Phi) is 4.65. The summed E-state index contributed by atoms with van der Waals surface area (Å²) in [5.74, 6) is -0.350. The number of carboxylic acid groups (broad SMARTS) is 1. The maximum absolute atomic E-state index is 12.0. The van der Waals surface area contributed by atoms with Gasteiger partial charge < -0.3 is 5.11 Å². The Morgan fingerprint density at radius 3 is 2.74 bits per heavy atom. The van der Waals surface area contributed by atoms with E-state index >= 15 is 0 Å². The van der Waals surface area contributed by atoms with E-state index in [2.05, 4.69) is 20.7 Å². The molecule has 0 radical (unpaired) electrons. The number of hydrogen-bond donors (Lipinski definition) is 2. The van der Waals surface area contributed by atoms with Gasteiger partial charge in [-0.05, 0) is 40.8 Å². The summed E-state index contributed by atoms with van der Waals surface area (Å²) in [6.07, 6.45) is 4.38. The Hall–Kier alpha value is -0.440. The predicted molar refractivity (Wildman–Crippen MR) is 76.1 cm³/mol. The van der Waals surface area contributed by atoms with Crippen LogP contribution in [0.1, 0.15) is 35.4 Å². The van der Waals surface area contributed by atoms with Crippen molar-refractivity contribution in [1.29, 1.82) is 0 Å². The Labute approximate surface area is 124 Å². The number of hydrogen-bond acceptors (Lipinski definition) is 4. The first kappa shape index (κ1) is 15.0. The number of carboxylic acids is 1. The molecule has 1 aliphatic carbocycles. The number of aromatic carboxylic acids is 1. The van der Waals surface area contributed by atoms with Crippen LogP contribution >= 0.6 is 27.3 Å². The normalized spacial score (nSPS) is 15.6. The summed E-state index contributed by atoms with van der Waals surface area (Å²) < 4.78 is 26.9. The summed E-state index contributed by atoms with van der Waals surface area (Å²) in [5.41, 5.74) is 0. The lowest BCUT2D eigenvalue weighted by Gasteiger charge is -2.05. The third kappa shape index (κ3) is 4.01. The van der Waals surface area contributed by atoms with E-state index in [1.807, 2.05) is 0 Å². The number of carbonyl (C=O) groups is 1. The smallest absolute Gasteiger partial charge is 0.345 e. The predicted octanol–water partition coefficient (Wildman–Crippen LogP) is 2.68. The first-order valence-electron chi connectivity index (χ1n) is 5.92. The molecule has 5 nitrogen and oxygen atoms in total. The van der Waals surface area contributed by atoms with Crippen molar-refractivity contribution in [2.24, 2.45) is 5.92 Å². The first-order chi connectivity index (χ1) is 8.90. The zero-order valence-corrected chi connectivity index (χ0v) is 13.3. The molecule has 106 valence electrons. The van der Waals surface area contributed by atoms with Gasteiger partial charge in [0.1, 0.15) is 9.77 Å². The van der Waals surface area contributed by atoms with Crippen molar-refractivity contribution >= 4 is 43.3 Å². The molecule has 1 aliphatic rings. The van der Waals surface area contributed by atoms with Gasteiger partial charge in [-0.15, -0.1) is 11.3 Å². The Morgan fingerprint density at radius 1 is 1.53 bits per heavy atom. The average Bonchev–Trinajstić information content (AvgIpc) is 3.05. The molecular formula is C11H14BrNO4S2. The molecule has 0 amide bonds. The second kappa shape index (κ2) is 5.90. The second-order valence-corrected chi connectivity index (χ2v) is 8.64. The monoisotopic (exact) mass is 367 g/mol. The lowest BCUT2D eigenvalue weighted by Crippen LogP contribution is -2.24. The van der Waals surface area contributed by atoms with Crippen LogP contribution in [-0.4, -0.2) is 26.0 Å². The van der Waals surface area contributed by atoms with Crippen LogP contribution in [0.25, 0.3) is 0 Å². The molecule has 2 N–H and O–H groups in total. The van der Waals surface area contributed by atoms with Crippen molar-refractivity contribution in [2.45, 2.75) is 30.6 Å². The molecule has 0 saturated heterocycles. The van der Waals surface area contributed by atoms with Crippen LogP contribution in [0.3, 0.4) is 0 Å². The summed E-state index contributed by atoms with van der Waals surface area (Å²) in [6, 6.07) is 1.18. The fraction of sp³-hybridized carbons (Fsp3) is 0.545. The van der Waals surface area contributed by atoms with Crippen molar-refractivity contribution in [3.05, 3.63) is 14.7 Å². The van der Waals surface area contributed by atoms with Gasteiger partial charge in [-0.25, -0.2) is 17.9 Å². The van der Waals surface area contributed by atoms with Crippen LogP contribution < -0.4 is 4.72 Å². The molecule has 1 heterocycles. The van der Waals surface area contributed by atoms with E-state index in [9.17, 15) is 13.2 Å². The van der Waals surface area contributed by atoms with Crippen molar-refractivity contribution in [1.82, 2.24) is 4.72 Å². The van der Waals surface area contributed by atoms with Gasteiger partial charge in [-0.3, -0.25) is 0 Å². The van der Waals surface area contributed by atoms with Gasteiger partial charge in [0.05, 0.1) is 3.79 Å². The summed E-state index contributed by atoms with van der Waals surface area (Å²) in [5, 5.41) is 8.84. The summed E-state index contributed by atoms with van der Waals surface area (Å²) in [4.78, 5) is 10.8. The van der Waals surface area contributed by atoms with Gasteiger partial charge in [0, 0.05) is 6.54 Å². The van der Waals surface area contributed by atoms with E-state index in [1.165, 1.54) is 18.9 Å². The maximum Gasteiger partial charge on any atom is 0.345 e. The van der Waals surface area contributed by atoms with Crippen molar-refractivity contribution < 1.29 is 18.3 Å². The minimum Gasteiger partial charge on any atom is -0.477 e. The number of rotatable bonds is 7. The highest BCUT2D eigenvalue weighted by atomic mass is 79.9. The molecule has 1 aromatic rings. The van der Waals surface area contributed by atoms with Crippen molar-refractivity contribution in [3.8, 4) is 0 Å². The Morgan fingerprint density at radius 2 is 2.21 bits per heavy atom. The number of halogens is 1. The fourth-order valence-corrected chi connectivity index (χ4v) is 5.20. The summed E-state index contributed by atoms with van der Waals surface area (Å²) in [6.45, 7) is 0.392. The van der Waals surface area contributed by atoms with Crippen LogP contribution in [0.4, 0.5) is 0 Å². The maximum atomic E-state index is 12.0. The van der Waals surface area contributed by atoms with Crippen LogP contribution in [0.5, 0.6) is 0 Å². The largest absolute Gasteiger partial charge is 0.477 e. The van der Waals surface area contributed by atoms with Crippen molar-refractivity contribution in [3.63, 3.8) is 0 Å². The van der Waals surface area contributed by atoms with E-state index in [0.717, 1.165) is 30.1 Å². The lowest BCUT2D eigenvalue weighted by molar-refractivity contribution is 0.0702. The molecule has 0 unspecified atom stereocenters. The first-order valence-corrected chi connectivity index (χ1v) is 9.01. The zero-order chi connectivity index (χ0) is 14.0. The molecule has 0 bridgehead atoms. The average molecular weight is 368 g/mol. The zero-order valence-electron chi connectivity index (χ0n) is 10.1. The molecule has 1 saturated carbocycles. The number of sulfonamides is 1. The second-order valence-electron chi connectivity index (χ2n) is 4.54. The van der Waals surface area contributed by atoms with E-state index in [-0.39, 0.29) is 9.77 Å². The molecule has 1 fully saturated rings. The molecule has 2 rings (SSSR count). The SMILES string of the molecule is O=C(O)c1cc(S(=O)(=O)NCCCC2CC2)c(Br)s1. The molecule has 1 aromatic heterocycles. The van der Waals surface area contributed by atoms with E-state index in [0.29, 0.717) is 10.3 Å². The van der Waals surface area contributed by atoms with Gasteiger partial charge in [0.2, 0.25) is 10.0 Å². The minimum atomic E-state index is -3.63. The molecule has 19 heavy (non-hydrogen) atoms. The van der Waals surface area contributed by atoms with Gasteiger partial charge in [-0.2, -0.15) is 0 Å². The highest BCUT2D eigenvalue weighted by Crippen LogP contribution is 2.34. The van der Waals surface area contributed by atoms with E-state index in [4.69, 9.17) is 5.11 Å². The van der Waals surface area contributed by atoms with Crippen LogP contribution in [0, 0.1) is 5.92 Å². The third-order valence-electron chi connectivity index (χ3n) is 2.93.